The predicted octanol–water partition coefficient (Wildman–Crippen LogP) is 3.02. The van der Waals surface area contributed by atoms with E-state index in [1.54, 1.807) is 0 Å². The Morgan fingerprint density at radius 3 is 2.52 bits per heavy atom. The summed E-state index contributed by atoms with van der Waals surface area (Å²) in [4.78, 5) is 0. The van der Waals surface area contributed by atoms with E-state index in [-0.39, 0.29) is 0 Å². The molecule has 0 aliphatic heterocycles. The number of rotatable bonds is 5. The largest absolute Gasteiger partial charge is 0.272 e. The lowest BCUT2D eigenvalue weighted by Crippen LogP contribution is -2.02. The van der Waals surface area contributed by atoms with Crippen LogP contribution in [-0.4, -0.2) is 24.8 Å². The van der Waals surface area contributed by atoms with Gasteiger partial charge in [0.1, 0.15) is 0 Å². The summed E-state index contributed by atoms with van der Waals surface area (Å²) in [6.07, 6.45) is 2.92. The van der Waals surface area contributed by atoms with Crippen molar-refractivity contribution in [1.82, 2.24) is 24.8 Å². The van der Waals surface area contributed by atoms with Gasteiger partial charge < -0.3 is 0 Å². The van der Waals surface area contributed by atoms with E-state index in [9.17, 15) is 0 Å². The minimum absolute atomic E-state index is 0.380. The highest BCUT2D eigenvalue weighted by molar-refractivity contribution is 5.29. The molecule has 1 aromatic carbocycles. The topological polar surface area (TPSA) is 48.5 Å². The Kier molecular flexibility index (Phi) is 4.28. The number of aryl methyl sites for hydroxylation is 2. The molecule has 5 nitrogen and oxygen atoms in total. The summed E-state index contributed by atoms with van der Waals surface area (Å²) in [6.45, 7) is 7.18. The van der Waals surface area contributed by atoms with Gasteiger partial charge in [0.15, 0.2) is 0 Å². The summed E-state index contributed by atoms with van der Waals surface area (Å²) in [7, 11) is 1.99. The second-order valence-corrected chi connectivity index (χ2v) is 6.21. The fourth-order valence-electron chi connectivity index (χ4n) is 3.20. The molecule has 0 amide bonds. The van der Waals surface area contributed by atoms with Crippen molar-refractivity contribution < 1.29 is 0 Å². The number of nitrogens with zero attached hydrogens (tertiary/aromatic N) is 5. The van der Waals surface area contributed by atoms with Crippen molar-refractivity contribution in [3.8, 4) is 0 Å². The zero-order valence-corrected chi connectivity index (χ0v) is 14.2. The standard InChI is InChI=1S/C18H23N5/c1-13(18-14(2)20-22(4)15(18)3)10-17-12-23(21-19-17)11-16-8-6-5-7-9-16/h5-9,12-13H,10-11H2,1-4H3. The number of aromatic nitrogens is 5. The van der Waals surface area contributed by atoms with Gasteiger partial charge in [-0.15, -0.1) is 5.10 Å². The predicted molar refractivity (Wildman–Crippen MR) is 90.4 cm³/mol. The highest BCUT2D eigenvalue weighted by Crippen LogP contribution is 2.25. The molecule has 0 fully saturated rings. The van der Waals surface area contributed by atoms with Crippen LogP contribution in [0.5, 0.6) is 0 Å². The Hall–Kier alpha value is -2.43. The van der Waals surface area contributed by atoms with Crippen LogP contribution < -0.4 is 0 Å². The van der Waals surface area contributed by atoms with E-state index in [4.69, 9.17) is 0 Å². The molecule has 120 valence electrons. The van der Waals surface area contributed by atoms with E-state index in [1.165, 1.54) is 16.8 Å². The van der Waals surface area contributed by atoms with Gasteiger partial charge in [-0.05, 0) is 37.3 Å². The second-order valence-electron chi connectivity index (χ2n) is 6.21. The third kappa shape index (κ3) is 3.33. The zero-order chi connectivity index (χ0) is 16.4. The molecule has 1 unspecified atom stereocenters. The molecule has 3 rings (SSSR count). The van der Waals surface area contributed by atoms with E-state index < -0.39 is 0 Å². The molecule has 2 aromatic heterocycles. The van der Waals surface area contributed by atoms with Crippen LogP contribution in [0.1, 0.15) is 41.1 Å². The molecule has 3 aromatic rings. The summed E-state index contributed by atoms with van der Waals surface area (Å²) in [5, 5.41) is 13.1. The monoisotopic (exact) mass is 309 g/mol. The molecule has 0 radical (unpaired) electrons. The van der Waals surface area contributed by atoms with Crippen molar-refractivity contribution in [3.63, 3.8) is 0 Å². The number of hydrogen-bond acceptors (Lipinski definition) is 3. The van der Waals surface area contributed by atoms with Crippen molar-refractivity contribution in [2.75, 3.05) is 0 Å². The highest BCUT2D eigenvalue weighted by Gasteiger charge is 2.18. The molecule has 5 heteroatoms. The maximum atomic E-state index is 4.51. The number of hydrogen-bond donors (Lipinski definition) is 0. The van der Waals surface area contributed by atoms with Gasteiger partial charge in [-0.3, -0.25) is 4.68 Å². The van der Waals surface area contributed by atoms with Crippen LogP contribution >= 0.6 is 0 Å². The van der Waals surface area contributed by atoms with Crippen molar-refractivity contribution in [2.24, 2.45) is 7.05 Å². The lowest BCUT2D eigenvalue weighted by molar-refractivity contribution is 0.648. The van der Waals surface area contributed by atoms with Crippen LogP contribution in [0.25, 0.3) is 0 Å². The van der Waals surface area contributed by atoms with Crippen molar-refractivity contribution >= 4 is 0 Å². The van der Waals surface area contributed by atoms with Crippen molar-refractivity contribution in [1.29, 1.82) is 0 Å². The van der Waals surface area contributed by atoms with Gasteiger partial charge >= 0.3 is 0 Å². The van der Waals surface area contributed by atoms with Crippen molar-refractivity contribution in [2.45, 2.75) is 39.7 Å². The quantitative estimate of drug-likeness (QED) is 0.728. The van der Waals surface area contributed by atoms with Gasteiger partial charge in [-0.1, -0.05) is 42.5 Å². The Morgan fingerprint density at radius 2 is 1.87 bits per heavy atom. The Balaban J connectivity index is 1.71. The van der Waals surface area contributed by atoms with Gasteiger partial charge in [0.2, 0.25) is 0 Å². The maximum Gasteiger partial charge on any atom is 0.0833 e. The molecule has 0 bridgehead atoms. The lowest BCUT2D eigenvalue weighted by Gasteiger charge is -2.10. The average molecular weight is 309 g/mol. The van der Waals surface area contributed by atoms with E-state index >= 15 is 0 Å². The van der Waals surface area contributed by atoms with Crippen LogP contribution in [0.3, 0.4) is 0 Å². The molecule has 23 heavy (non-hydrogen) atoms. The van der Waals surface area contributed by atoms with E-state index in [2.05, 4.69) is 48.3 Å². The van der Waals surface area contributed by atoms with E-state index in [0.29, 0.717) is 5.92 Å². The summed E-state index contributed by atoms with van der Waals surface area (Å²) in [6, 6.07) is 10.3. The fourth-order valence-corrected chi connectivity index (χ4v) is 3.20. The summed E-state index contributed by atoms with van der Waals surface area (Å²) in [5.41, 5.74) is 5.91. The first-order valence-corrected chi connectivity index (χ1v) is 7.97. The first kappa shape index (κ1) is 15.5. The van der Waals surface area contributed by atoms with Crippen molar-refractivity contribution in [3.05, 3.63) is 64.7 Å². The van der Waals surface area contributed by atoms with Gasteiger partial charge in [0, 0.05) is 18.9 Å². The highest BCUT2D eigenvalue weighted by atomic mass is 15.4. The minimum atomic E-state index is 0.380. The molecule has 0 spiro atoms. The smallest absolute Gasteiger partial charge is 0.0833 e. The zero-order valence-electron chi connectivity index (χ0n) is 14.2. The minimum Gasteiger partial charge on any atom is -0.272 e. The van der Waals surface area contributed by atoms with Gasteiger partial charge in [-0.25, -0.2) is 4.68 Å². The molecule has 0 aliphatic carbocycles. The van der Waals surface area contributed by atoms with Gasteiger partial charge in [-0.2, -0.15) is 5.10 Å². The lowest BCUT2D eigenvalue weighted by atomic mass is 9.95. The molecule has 0 saturated carbocycles. The van der Waals surface area contributed by atoms with Crippen LogP contribution in [0.15, 0.2) is 36.5 Å². The summed E-state index contributed by atoms with van der Waals surface area (Å²) < 4.78 is 3.85. The first-order valence-electron chi connectivity index (χ1n) is 7.97. The Morgan fingerprint density at radius 1 is 1.13 bits per heavy atom. The number of benzene rings is 1. The van der Waals surface area contributed by atoms with E-state index in [0.717, 1.165) is 24.4 Å². The maximum absolute atomic E-state index is 4.51. The van der Waals surface area contributed by atoms with Crippen LogP contribution in [-0.2, 0) is 20.0 Å². The van der Waals surface area contributed by atoms with E-state index in [1.807, 2.05) is 40.8 Å². The van der Waals surface area contributed by atoms with Crippen LogP contribution in [0, 0.1) is 13.8 Å². The van der Waals surface area contributed by atoms with Gasteiger partial charge in [0.05, 0.1) is 17.9 Å². The summed E-state index contributed by atoms with van der Waals surface area (Å²) >= 11 is 0. The fraction of sp³-hybridized carbons (Fsp3) is 0.389. The molecule has 0 N–H and O–H groups in total. The van der Waals surface area contributed by atoms with Crippen LogP contribution in [0.2, 0.25) is 0 Å². The summed E-state index contributed by atoms with van der Waals surface area (Å²) in [5.74, 6) is 0.380. The molecule has 0 saturated heterocycles. The Labute approximate surface area is 137 Å². The third-order valence-corrected chi connectivity index (χ3v) is 4.35. The second kappa shape index (κ2) is 6.36. The SMILES string of the molecule is Cc1nn(C)c(C)c1C(C)Cc1cn(Cc2ccccc2)nn1. The normalized spacial score (nSPS) is 12.5. The Bertz CT molecular complexity index is 785. The molecular formula is C18H23N5. The molecular weight excluding hydrogens is 286 g/mol. The van der Waals surface area contributed by atoms with Crippen LogP contribution in [0.4, 0.5) is 0 Å². The molecule has 1 atom stereocenters. The first-order chi connectivity index (χ1) is 11.0. The molecule has 0 aliphatic rings. The molecule has 2 heterocycles. The third-order valence-electron chi connectivity index (χ3n) is 4.35. The average Bonchev–Trinajstić information content (AvgIpc) is 3.05. The van der Waals surface area contributed by atoms with Gasteiger partial charge in [0.25, 0.3) is 0 Å².